The molecule has 14 heavy (non-hydrogen) atoms. The third-order valence-corrected chi connectivity index (χ3v) is 7.37. The average Bonchev–Trinajstić information content (AvgIpc) is 2.00. The zero-order valence-corrected chi connectivity index (χ0v) is 11.3. The summed E-state index contributed by atoms with van der Waals surface area (Å²) in [7, 11) is -0.465. The molecule has 0 fully saturated rings. The molecule has 0 radical (unpaired) electrons. The minimum Gasteiger partial charge on any atom is -0.467 e. The Labute approximate surface area is 87.9 Å². The van der Waals surface area contributed by atoms with Crippen LogP contribution in [0.4, 0.5) is 0 Å². The molecule has 0 heterocycles. The van der Waals surface area contributed by atoms with Crippen LogP contribution < -0.4 is 0 Å². The molecule has 0 aromatic carbocycles. The van der Waals surface area contributed by atoms with Crippen LogP contribution in [0.1, 0.15) is 27.7 Å². The van der Waals surface area contributed by atoms with Gasteiger partial charge in [-0.3, -0.25) is 0 Å². The quantitative estimate of drug-likeness (QED) is 0.539. The van der Waals surface area contributed by atoms with E-state index in [1.807, 2.05) is 0 Å². The Morgan fingerprint density at radius 3 is 2.00 bits per heavy atom. The van der Waals surface area contributed by atoms with Gasteiger partial charge < -0.3 is 9.16 Å². The minimum absolute atomic E-state index is 0.120. The summed E-state index contributed by atoms with van der Waals surface area (Å²) in [6, 6.07) is 0. The number of carbonyl (C=O) groups excluding carboxylic acids is 1. The fraction of sp³-hybridized carbons (Fsp3) is 0.900. The van der Waals surface area contributed by atoms with Crippen molar-refractivity contribution in [1.29, 1.82) is 0 Å². The number of carbonyl (C=O) groups is 1. The van der Waals surface area contributed by atoms with E-state index in [9.17, 15) is 4.79 Å². The highest BCUT2D eigenvalue weighted by Gasteiger charge is 2.39. The van der Waals surface area contributed by atoms with E-state index >= 15 is 0 Å². The predicted octanol–water partition coefficient (Wildman–Crippen LogP) is 2.57. The molecule has 0 aromatic heterocycles. The number of methoxy groups -OCH3 is 1. The number of rotatable bonds is 3. The van der Waals surface area contributed by atoms with Crippen molar-refractivity contribution in [2.24, 2.45) is 0 Å². The lowest BCUT2D eigenvalue weighted by atomic mass is 10.2. The van der Waals surface area contributed by atoms with Gasteiger partial charge in [0.05, 0.1) is 7.11 Å². The van der Waals surface area contributed by atoms with E-state index in [1.54, 1.807) is 6.92 Å². The predicted molar refractivity (Wildman–Crippen MR) is 59.8 cm³/mol. The van der Waals surface area contributed by atoms with Gasteiger partial charge in [0.2, 0.25) is 0 Å². The van der Waals surface area contributed by atoms with E-state index in [0.29, 0.717) is 0 Å². The van der Waals surface area contributed by atoms with Crippen molar-refractivity contribution in [3.05, 3.63) is 0 Å². The standard InChI is InChI=1S/C10H22O3Si/c1-8(9(11)12-5)13-14(6,7)10(2,3)4/h8H,1-7H3. The molecule has 3 nitrogen and oxygen atoms in total. The molecule has 4 heteroatoms. The molecule has 1 unspecified atom stereocenters. The van der Waals surface area contributed by atoms with Crippen LogP contribution in [-0.4, -0.2) is 27.5 Å². The first kappa shape index (κ1) is 13.6. The highest BCUT2D eigenvalue weighted by Crippen LogP contribution is 2.37. The van der Waals surface area contributed by atoms with Crippen molar-refractivity contribution in [1.82, 2.24) is 0 Å². The fourth-order valence-electron chi connectivity index (χ4n) is 0.833. The average molecular weight is 218 g/mol. The molecular weight excluding hydrogens is 196 g/mol. The summed E-state index contributed by atoms with van der Waals surface area (Å²) in [5.41, 5.74) is 0. The third-order valence-electron chi connectivity index (χ3n) is 2.81. The number of hydrogen-bond acceptors (Lipinski definition) is 3. The molecule has 0 rings (SSSR count). The molecule has 0 amide bonds. The topological polar surface area (TPSA) is 35.5 Å². The van der Waals surface area contributed by atoms with E-state index in [-0.39, 0.29) is 11.0 Å². The third kappa shape index (κ3) is 3.42. The zero-order chi connectivity index (χ0) is 11.6. The van der Waals surface area contributed by atoms with Gasteiger partial charge in [-0.05, 0) is 25.1 Å². The maximum atomic E-state index is 11.2. The van der Waals surface area contributed by atoms with E-state index in [2.05, 4.69) is 38.6 Å². The zero-order valence-electron chi connectivity index (χ0n) is 10.3. The number of ether oxygens (including phenoxy) is 1. The summed E-state index contributed by atoms with van der Waals surface area (Å²) in [5, 5.41) is 0.120. The van der Waals surface area contributed by atoms with Gasteiger partial charge in [-0.1, -0.05) is 20.8 Å². The number of hydrogen-bond donors (Lipinski definition) is 0. The van der Waals surface area contributed by atoms with Crippen LogP contribution in [0.15, 0.2) is 0 Å². The lowest BCUT2D eigenvalue weighted by Gasteiger charge is -2.37. The van der Waals surface area contributed by atoms with Gasteiger partial charge in [-0.15, -0.1) is 0 Å². The normalized spacial score (nSPS) is 15.1. The molecule has 0 saturated carbocycles. The molecule has 0 N–H and O–H groups in total. The Hall–Kier alpha value is -0.353. The van der Waals surface area contributed by atoms with Crippen LogP contribution in [0.25, 0.3) is 0 Å². The van der Waals surface area contributed by atoms with Crippen molar-refractivity contribution in [3.8, 4) is 0 Å². The lowest BCUT2D eigenvalue weighted by Crippen LogP contribution is -2.45. The van der Waals surface area contributed by atoms with Crippen LogP contribution in [0, 0.1) is 0 Å². The van der Waals surface area contributed by atoms with Gasteiger partial charge >= 0.3 is 5.97 Å². The summed E-state index contributed by atoms with van der Waals surface area (Å²) >= 11 is 0. The fourth-order valence-corrected chi connectivity index (χ4v) is 2.17. The Morgan fingerprint density at radius 2 is 1.71 bits per heavy atom. The van der Waals surface area contributed by atoms with E-state index in [0.717, 1.165) is 0 Å². The Kier molecular flexibility index (Phi) is 4.33. The van der Waals surface area contributed by atoms with Crippen LogP contribution >= 0.6 is 0 Å². The van der Waals surface area contributed by atoms with Crippen LogP contribution in [0.5, 0.6) is 0 Å². The lowest BCUT2D eigenvalue weighted by molar-refractivity contribution is -0.148. The summed E-state index contributed by atoms with van der Waals surface area (Å²) in [4.78, 5) is 11.2. The summed E-state index contributed by atoms with van der Waals surface area (Å²) in [6.07, 6.45) is -0.458. The van der Waals surface area contributed by atoms with Crippen molar-refractivity contribution in [2.75, 3.05) is 7.11 Å². The molecule has 0 aliphatic carbocycles. The van der Waals surface area contributed by atoms with Crippen LogP contribution in [0.2, 0.25) is 18.1 Å². The van der Waals surface area contributed by atoms with Crippen molar-refractivity contribution >= 4 is 14.3 Å². The number of esters is 1. The van der Waals surface area contributed by atoms with Gasteiger partial charge in [0.1, 0.15) is 6.10 Å². The van der Waals surface area contributed by atoms with Gasteiger partial charge in [0.15, 0.2) is 8.32 Å². The van der Waals surface area contributed by atoms with Gasteiger partial charge in [-0.2, -0.15) is 0 Å². The maximum absolute atomic E-state index is 11.2. The Balaban J connectivity index is 4.44. The van der Waals surface area contributed by atoms with Crippen LogP contribution in [0.3, 0.4) is 0 Å². The molecule has 0 aromatic rings. The largest absolute Gasteiger partial charge is 0.467 e. The molecule has 84 valence electrons. The van der Waals surface area contributed by atoms with Gasteiger partial charge in [0.25, 0.3) is 0 Å². The minimum atomic E-state index is -1.85. The summed E-state index contributed by atoms with van der Waals surface area (Å²) in [5.74, 6) is -0.296. The maximum Gasteiger partial charge on any atom is 0.333 e. The Bertz CT molecular complexity index is 206. The smallest absolute Gasteiger partial charge is 0.333 e. The summed E-state index contributed by atoms with van der Waals surface area (Å²) < 4.78 is 10.4. The van der Waals surface area contributed by atoms with Gasteiger partial charge in [-0.25, -0.2) is 4.79 Å². The summed E-state index contributed by atoms with van der Waals surface area (Å²) in [6.45, 7) is 12.4. The first-order valence-electron chi connectivity index (χ1n) is 4.87. The molecule has 0 saturated heterocycles. The first-order valence-corrected chi connectivity index (χ1v) is 7.78. The van der Waals surface area contributed by atoms with Crippen molar-refractivity contribution < 1.29 is 14.0 Å². The molecular formula is C10H22O3Si. The first-order chi connectivity index (χ1) is 6.12. The molecule has 0 aliphatic rings. The second-order valence-corrected chi connectivity index (χ2v) is 9.80. The monoisotopic (exact) mass is 218 g/mol. The highest BCUT2D eigenvalue weighted by molar-refractivity contribution is 6.74. The highest BCUT2D eigenvalue weighted by atomic mass is 28.4. The van der Waals surface area contributed by atoms with Crippen LogP contribution in [-0.2, 0) is 14.0 Å². The second-order valence-electron chi connectivity index (χ2n) is 5.04. The molecule has 0 bridgehead atoms. The van der Waals surface area contributed by atoms with Crippen molar-refractivity contribution in [2.45, 2.75) is 51.9 Å². The van der Waals surface area contributed by atoms with Gasteiger partial charge in [0, 0.05) is 0 Å². The van der Waals surface area contributed by atoms with E-state index in [4.69, 9.17) is 4.43 Å². The SMILES string of the molecule is COC(=O)C(C)O[Si](C)(C)C(C)(C)C. The van der Waals surface area contributed by atoms with E-state index in [1.165, 1.54) is 7.11 Å². The van der Waals surface area contributed by atoms with E-state index < -0.39 is 14.4 Å². The van der Waals surface area contributed by atoms with Crippen molar-refractivity contribution in [3.63, 3.8) is 0 Å². The second kappa shape index (κ2) is 4.44. The molecule has 0 spiro atoms. The molecule has 1 atom stereocenters. The Morgan fingerprint density at radius 1 is 1.29 bits per heavy atom. The molecule has 0 aliphatic heterocycles.